The number of hydrogen-bond donors (Lipinski definition) is 4. The van der Waals surface area contributed by atoms with Crippen LogP contribution in [0.5, 0.6) is 0 Å². The van der Waals surface area contributed by atoms with Crippen molar-refractivity contribution in [2.45, 2.75) is 62.9 Å². The van der Waals surface area contributed by atoms with Crippen molar-refractivity contribution >= 4 is 18.0 Å². The minimum absolute atomic E-state index is 0.0453. The van der Waals surface area contributed by atoms with Gasteiger partial charge in [0.25, 0.3) is 5.91 Å². The molecule has 0 aromatic carbocycles. The second-order valence-electron chi connectivity index (χ2n) is 6.66. The molecule has 0 aromatic rings. The van der Waals surface area contributed by atoms with Crippen LogP contribution in [0.25, 0.3) is 0 Å². The Morgan fingerprint density at radius 1 is 1.14 bits per heavy atom. The number of rotatable bonds is 3. The summed E-state index contributed by atoms with van der Waals surface area (Å²) in [4.78, 5) is 35.5. The van der Waals surface area contributed by atoms with Crippen LogP contribution in [-0.2, 0) is 4.79 Å². The summed E-state index contributed by atoms with van der Waals surface area (Å²) in [6.07, 6.45) is 8.02. The minimum Gasteiger partial charge on any atom is -0.338 e. The van der Waals surface area contributed by atoms with Crippen molar-refractivity contribution in [1.29, 1.82) is 0 Å². The van der Waals surface area contributed by atoms with E-state index < -0.39 is 11.6 Å². The van der Waals surface area contributed by atoms with Gasteiger partial charge in [-0.2, -0.15) is 0 Å². The van der Waals surface area contributed by atoms with Crippen LogP contribution in [0.3, 0.4) is 0 Å². The summed E-state index contributed by atoms with van der Waals surface area (Å²) in [7, 11) is 0. The summed E-state index contributed by atoms with van der Waals surface area (Å²) in [5.41, 5.74) is -0.824. The van der Waals surface area contributed by atoms with Gasteiger partial charge in [0.2, 0.25) is 0 Å². The van der Waals surface area contributed by atoms with Gasteiger partial charge in [0, 0.05) is 18.5 Å². The Bertz CT molecular complexity index is 475. The SMILES string of the molecule is O=C(NC[C@H]1CCC[C@]12NC(=O)NC2=O)NC1CCCCC1. The molecule has 5 amide bonds. The third-order valence-electron chi connectivity index (χ3n) is 5.24. The maximum atomic E-state index is 12.1. The molecule has 4 N–H and O–H groups in total. The molecule has 2 atom stereocenters. The molecular formula is C15H24N4O3. The average molecular weight is 308 g/mol. The Hall–Kier alpha value is -1.79. The van der Waals surface area contributed by atoms with Crippen molar-refractivity contribution in [3.63, 3.8) is 0 Å². The van der Waals surface area contributed by atoms with Crippen molar-refractivity contribution in [1.82, 2.24) is 21.3 Å². The third kappa shape index (κ3) is 2.89. The lowest BCUT2D eigenvalue weighted by atomic mass is 9.87. The van der Waals surface area contributed by atoms with Gasteiger partial charge in [-0.05, 0) is 25.7 Å². The zero-order valence-electron chi connectivity index (χ0n) is 12.7. The normalized spacial score (nSPS) is 31.9. The summed E-state index contributed by atoms with van der Waals surface area (Å²) < 4.78 is 0. The Morgan fingerprint density at radius 3 is 2.59 bits per heavy atom. The van der Waals surface area contributed by atoms with E-state index in [1.807, 2.05) is 0 Å². The van der Waals surface area contributed by atoms with Crippen LogP contribution < -0.4 is 21.3 Å². The molecule has 3 aliphatic rings. The Morgan fingerprint density at radius 2 is 1.91 bits per heavy atom. The molecule has 0 radical (unpaired) electrons. The van der Waals surface area contributed by atoms with Crippen LogP contribution in [0, 0.1) is 5.92 Å². The fourth-order valence-corrected chi connectivity index (χ4v) is 4.02. The molecule has 1 heterocycles. The molecule has 22 heavy (non-hydrogen) atoms. The van der Waals surface area contributed by atoms with E-state index in [1.54, 1.807) is 0 Å². The first-order valence-corrected chi connectivity index (χ1v) is 8.28. The minimum atomic E-state index is -0.824. The Balaban J connectivity index is 1.51. The number of carbonyl (C=O) groups is 3. The lowest BCUT2D eigenvalue weighted by molar-refractivity contribution is -0.125. The number of amides is 5. The van der Waals surface area contributed by atoms with Crippen LogP contribution in [0.1, 0.15) is 51.4 Å². The first-order chi connectivity index (χ1) is 10.6. The summed E-state index contributed by atoms with van der Waals surface area (Å²) in [6.45, 7) is 0.409. The topological polar surface area (TPSA) is 99.3 Å². The first-order valence-electron chi connectivity index (χ1n) is 8.28. The Kier molecular flexibility index (Phi) is 4.22. The highest BCUT2D eigenvalue weighted by Crippen LogP contribution is 2.37. The van der Waals surface area contributed by atoms with Crippen molar-refractivity contribution in [3.8, 4) is 0 Å². The summed E-state index contributed by atoms with van der Waals surface area (Å²) >= 11 is 0. The number of carbonyl (C=O) groups excluding carboxylic acids is 3. The first kappa shape index (κ1) is 15.1. The molecule has 0 aromatic heterocycles. The molecule has 7 nitrogen and oxygen atoms in total. The molecule has 0 unspecified atom stereocenters. The predicted molar refractivity (Wildman–Crippen MR) is 80.2 cm³/mol. The molecular weight excluding hydrogens is 284 g/mol. The summed E-state index contributed by atoms with van der Waals surface area (Å²) in [5, 5.41) is 11.0. The van der Waals surface area contributed by atoms with Gasteiger partial charge in [0.15, 0.2) is 0 Å². The van der Waals surface area contributed by atoms with Gasteiger partial charge in [-0.3, -0.25) is 10.1 Å². The number of hydrogen-bond acceptors (Lipinski definition) is 3. The molecule has 3 rings (SSSR count). The summed E-state index contributed by atoms with van der Waals surface area (Å²) in [5.74, 6) is -0.300. The van der Waals surface area contributed by atoms with E-state index in [0.29, 0.717) is 13.0 Å². The molecule has 7 heteroatoms. The van der Waals surface area contributed by atoms with Crippen LogP contribution in [0.4, 0.5) is 9.59 Å². The lowest BCUT2D eigenvalue weighted by Crippen LogP contribution is -2.54. The van der Waals surface area contributed by atoms with E-state index in [2.05, 4.69) is 21.3 Å². The molecule has 1 aliphatic heterocycles. The van der Waals surface area contributed by atoms with Gasteiger partial charge in [0.05, 0.1) is 0 Å². The van der Waals surface area contributed by atoms with Crippen molar-refractivity contribution in [2.24, 2.45) is 5.92 Å². The highest BCUT2D eigenvalue weighted by atomic mass is 16.2. The van der Waals surface area contributed by atoms with Crippen molar-refractivity contribution in [3.05, 3.63) is 0 Å². The van der Waals surface area contributed by atoms with Gasteiger partial charge in [-0.1, -0.05) is 25.7 Å². The number of urea groups is 2. The van der Waals surface area contributed by atoms with Gasteiger partial charge in [-0.15, -0.1) is 0 Å². The van der Waals surface area contributed by atoms with Crippen molar-refractivity contribution in [2.75, 3.05) is 6.54 Å². The van der Waals surface area contributed by atoms with Gasteiger partial charge >= 0.3 is 12.1 Å². The quantitative estimate of drug-likeness (QED) is 0.585. The fraction of sp³-hybridized carbons (Fsp3) is 0.800. The summed E-state index contributed by atoms with van der Waals surface area (Å²) in [6, 6.07) is -0.331. The van der Waals surface area contributed by atoms with Gasteiger partial charge < -0.3 is 16.0 Å². The largest absolute Gasteiger partial charge is 0.338 e. The molecule has 2 saturated carbocycles. The van der Waals surface area contributed by atoms with Crippen LogP contribution in [-0.4, -0.2) is 36.1 Å². The van der Waals surface area contributed by atoms with Gasteiger partial charge in [0.1, 0.15) is 5.54 Å². The maximum Gasteiger partial charge on any atom is 0.322 e. The number of nitrogens with one attached hydrogen (secondary N) is 4. The second-order valence-corrected chi connectivity index (χ2v) is 6.66. The van der Waals surface area contributed by atoms with Crippen molar-refractivity contribution < 1.29 is 14.4 Å². The number of imide groups is 1. The van der Waals surface area contributed by atoms with E-state index in [9.17, 15) is 14.4 Å². The monoisotopic (exact) mass is 308 g/mol. The molecule has 1 saturated heterocycles. The molecule has 1 spiro atoms. The highest BCUT2D eigenvalue weighted by molar-refractivity contribution is 6.07. The standard InChI is InChI=1S/C15H24N4O3/c20-12-15(19-14(22)18-12)8-4-5-10(15)9-16-13(21)17-11-6-2-1-3-7-11/h10-11H,1-9H2,(H2,16,17,21)(H2,18,19,20,22)/t10-,15+/m1/s1. The van der Waals surface area contributed by atoms with E-state index in [4.69, 9.17) is 0 Å². The van der Waals surface area contributed by atoms with E-state index in [1.165, 1.54) is 19.3 Å². The maximum absolute atomic E-state index is 12.1. The molecule has 122 valence electrons. The average Bonchev–Trinajstić information content (AvgIpc) is 3.02. The zero-order chi connectivity index (χ0) is 15.6. The second kappa shape index (κ2) is 6.14. The molecule has 2 aliphatic carbocycles. The Labute approximate surface area is 130 Å². The third-order valence-corrected chi connectivity index (χ3v) is 5.24. The smallest absolute Gasteiger partial charge is 0.322 e. The fourth-order valence-electron chi connectivity index (χ4n) is 4.02. The predicted octanol–water partition coefficient (Wildman–Crippen LogP) is 0.997. The molecule has 0 bridgehead atoms. The van der Waals surface area contributed by atoms with Crippen LogP contribution >= 0.6 is 0 Å². The zero-order valence-corrected chi connectivity index (χ0v) is 12.7. The highest BCUT2D eigenvalue weighted by Gasteiger charge is 2.54. The van der Waals surface area contributed by atoms with Gasteiger partial charge in [-0.25, -0.2) is 9.59 Å². The van der Waals surface area contributed by atoms with Crippen LogP contribution in [0.15, 0.2) is 0 Å². The van der Waals surface area contributed by atoms with Crippen LogP contribution in [0.2, 0.25) is 0 Å². The molecule has 3 fully saturated rings. The van der Waals surface area contributed by atoms with E-state index >= 15 is 0 Å². The van der Waals surface area contributed by atoms with E-state index in [-0.39, 0.29) is 23.9 Å². The van der Waals surface area contributed by atoms with E-state index in [0.717, 1.165) is 25.7 Å². The lowest BCUT2D eigenvalue weighted by Gasteiger charge is -2.29.